The van der Waals surface area contributed by atoms with E-state index in [4.69, 9.17) is 11.6 Å². The normalized spacial score (nSPS) is 11.4. The quantitative estimate of drug-likeness (QED) is 0.767. The summed E-state index contributed by atoms with van der Waals surface area (Å²) in [6, 6.07) is 6.78. The number of rotatable bonds is 3. The van der Waals surface area contributed by atoms with Gasteiger partial charge in [0.25, 0.3) is 0 Å². The zero-order valence-corrected chi connectivity index (χ0v) is 11.4. The Kier molecular flexibility index (Phi) is 4.35. The van der Waals surface area contributed by atoms with Gasteiger partial charge in [0.15, 0.2) is 6.29 Å². The van der Waals surface area contributed by atoms with Gasteiger partial charge in [-0.05, 0) is 24.3 Å². The molecule has 0 fully saturated rings. The molecule has 2 rings (SSSR count). The molecule has 0 amide bonds. The number of hydrogen-bond donors (Lipinski definition) is 0. The second-order valence-electron chi connectivity index (χ2n) is 3.72. The molecule has 0 saturated carbocycles. The summed E-state index contributed by atoms with van der Waals surface area (Å²) in [6.45, 7) is 0. The highest BCUT2D eigenvalue weighted by atomic mass is 35.5. The van der Waals surface area contributed by atoms with Crippen LogP contribution in [0.4, 0.5) is 13.2 Å². The molecule has 1 heterocycles. The largest absolute Gasteiger partial charge is 0.417 e. The van der Waals surface area contributed by atoms with Crippen molar-refractivity contribution in [1.82, 2.24) is 4.98 Å². The minimum atomic E-state index is -4.57. The smallest absolute Gasteiger partial charge is 0.298 e. The van der Waals surface area contributed by atoms with E-state index in [1.165, 1.54) is 6.20 Å². The van der Waals surface area contributed by atoms with Crippen LogP contribution in [0.2, 0.25) is 5.02 Å². The van der Waals surface area contributed by atoms with Gasteiger partial charge in [-0.25, -0.2) is 4.98 Å². The molecule has 0 saturated heterocycles. The van der Waals surface area contributed by atoms with Gasteiger partial charge in [0.05, 0.1) is 10.6 Å². The van der Waals surface area contributed by atoms with Gasteiger partial charge in [0, 0.05) is 16.7 Å². The fourth-order valence-corrected chi connectivity index (χ4v) is 2.82. The lowest BCUT2D eigenvalue weighted by atomic mass is 10.1. The molecule has 1 aromatic heterocycles. The van der Waals surface area contributed by atoms with E-state index in [9.17, 15) is 18.0 Å². The number of benzene rings is 1. The molecule has 0 radical (unpaired) electrons. The summed E-state index contributed by atoms with van der Waals surface area (Å²) in [5.74, 6) is 0. The van der Waals surface area contributed by atoms with Gasteiger partial charge < -0.3 is 0 Å². The first-order valence-corrected chi connectivity index (χ1v) is 6.56. The Morgan fingerprint density at radius 3 is 2.50 bits per heavy atom. The maximum atomic E-state index is 13.0. The van der Waals surface area contributed by atoms with Crippen molar-refractivity contribution >= 4 is 29.6 Å². The number of carbonyl (C=O) groups is 1. The molecule has 2 nitrogen and oxygen atoms in total. The highest BCUT2D eigenvalue weighted by Gasteiger charge is 2.35. The predicted octanol–water partition coefficient (Wildman–Crippen LogP) is 4.72. The first-order valence-electron chi connectivity index (χ1n) is 5.37. The van der Waals surface area contributed by atoms with E-state index in [1.807, 2.05) is 0 Å². The number of aromatic nitrogens is 1. The molecule has 7 heteroatoms. The van der Waals surface area contributed by atoms with Gasteiger partial charge in [-0.15, -0.1) is 0 Å². The molecule has 2 aromatic rings. The molecule has 1 aromatic carbocycles. The highest BCUT2D eigenvalue weighted by molar-refractivity contribution is 7.99. The second kappa shape index (κ2) is 5.85. The van der Waals surface area contributed by atoms with Crippen LogP contribution in [-0.2, 0) is 6.18 Å². The third kappa shape index (κ3) is 3.13. The lowest BCUT2D eigenvalue weighted by Gasteiger charge is -2.14. The third-order valence-corrected chi connectivity index (χ3v) is 3.83. The van der Waals surface area contributed by atoms with E-state index in [0.29, 0.717) is 11.3 Å². The molecule has 0 aliphatic carbocycles. The van der Waals surface area contributed by atoms with Crippen LogP contribution in [0.5, 0.6) is 0 Å². The van der Waals surface area contributed by atoms with Gasteiger partial charge in [-0.3, -0.25) is 4.79 Å². The van der Waals surface area contributed by atoms with Crippen molar-refractivity contribution in [3.8, 4) is 0 Å². The van der Waals surface area contributed by atoms with Gasteiger partial charge in [-0.2, -0.15) is 13.2 Å². The van der Waals surface area contributed by atoms with Gasteiger partial charge >= 0.3 is 6.18 Å². The SMILES string of the molecule is O=Cc1c(Cl)ccc(C(F)(F)F)c1Sc1ccccn1. The van der Waals surface area contributed by atoms with Crippen LogP contribution in [0.25, 0.3) is 0 Å². The molecular weight excluding hydrogens is 311 g/mol. The molecule has 0 bridgehead atoms. The average Bonchev–Trinajstić information content (AvgIpc) is 2.39. The molecule has 0 atom stereocenters. The fourth-order valence-electron chi connectivity index (χ4n) is 1.53. The maximum absolute atomic E-state index is 13.0. The number of nitrogens with zero attached hydrogens (tertiary/aromatic N) is 1. The number of halogens is 4. The lowest BCUT2D eigenvalue weighted by Crippen LogP contribution is -2.08. The van der Waals surface area contributed by atoms with Crippen molar-refractivity contribution in [2.75, 3.05) is 0 Å². The molecule has 0 spiro atoms. The number of pyridine rings is 1. The summed E-state index contributed by atoms with van der Waals surface area (Å²) in [4.78, 5) is 14.7. The van der Waals surface area contributed by atoms with E-state index >= 15 is 0 Å². The summed E-state index contributed by atoms with van der Waals surface area (Å²) < 4.78 is 39.0. The lowest BCUT2D eigenvalue weighted by molar-refractivity contribution is -0.139. The van der Waals surface area contributed by atoms with Crippen LogP contribution >= 0.6 is 23.4 Å². The Labute approximate surface area is 122 Å². The van der Waals surface area contributed by atoms with E-state index in [0.717, 1.165) is 23.9 Å². The standard InChI is InChI=1S/C13H7ClF3NOS/c14-10-5-4-9(13(15,16)17)12(8(10)7-19)20-11-3-1-2-6-18-11/h1-7H. The monoisotopic (exact) mass is 317 g/mol. The van der Waals surface area contributed by atoms with Crippen LogP contribution in [-0.4, -0.2) is 11.3 Å². The highest BCUT2D eigenvalue weighted by Crippen LogP contribution is 2.42. The Morgan fingerprint density at radius 1 is 1.20 bits per heavy atom. The molecule has 20 heavy (non-hydrogen) atoms. The van der Waals surface area contributed by atoms with Crippen molar-refractivity contribution in [2.45, 2.75) is 16.1 Å². The Hall–Kier alpha value is -1.53. The minimum Gasteiger partial charge on any atom is -0.298 e. The van der Waals surface area contributed by atoms with Crippen LogP contribution < -0.4 is 0 Å². The van der Waals surface area contributed by atoms with Crippen LogP contribution in [0.15, 0.2) is 46.5 Å². The van der Waals surface area contributed by atoms with E-state index in [-0.39, 0.29) is 15.5 Å². The number of hydrogen-bond acceptors (Lipinski definition) is 3. The number of alkyl halides is 3. The Balaban J connectivity index is 2.59. The van der Waals surface area contributed by atoms with E-state index < -0.39 is 11.7 Å². The van der Waals surface area contributed by atoms with Crippen LogP contribution in [0.1, 0.15) is 15.9 Å². The maximum Gasteiger partial charge on any atom is 0.417 e. The van der Waals surface area contributed by atoms with E-state index in [1.54, 1.807) is 18.2 Å². The van der Waals surface area contributed by atoms with Crippen molar-refractivity contribution in [2.24, 2.45) is 0 Å². The Bertz CT molecular complexity index is 632. The van der Waals surface area contributed by atoms with Crippen LogP contribution in [0.3, 0.4) is 0 Å². The number of aldehydes is 1. The first kappa shape index (κ1) is 14.9. The van der Waals surface area contributed by atoms with Crippen LogP contribution in [0, 0.1) is 0 Å². The summed E-state index contributed by atoms with van der Waals surface area (Å²) in [5.41, 5.74) is -1.09. The molecule has 0 N–H and O–H groups in total. The van der Waals surface area contributed by atoms with Crippen molar-refractivity contribution in [3.63, 3.8) is 0 Å². The summed E-state index contributed by atoms with van der Waals surface area (Å²) in [5, 5.41) is 0.329. The molecule has 0 aliphatic rings. The van der Waals surface area contributed by atoms with Gasteiger partial charge in [0.2, 0.25) is 0 Å². The number of carbonyl (C=O) groups excluding carboxylic acids is 1. The summed E-state index contributed by atoms with van der Waals surface area (Å²) in [7, 11) is 0. The summed E-state index contributed by atoms with van der Waals surface area (Å²) in [6.07, 6.45) is -2.79. The third-order valence-electron chi connectivity index (χ3n) is 2.41. The fraction of sp³-hybridized carbons (Fsp3) is 0.0769. The first-order chi connectivity index (χ1) is 9.43. The van der Waals surface area contributed by atoms with Gasteiger partial charge in [0.1, 0.15) is 5.03 Å². The second-order valence-corrected chi connectivity index (χ2v) is 5.16. The molecule has 0 aliphatic heterocycles. The Morgan fingerprint density at radius 2 is 1.95 bits per heavy atom. The predicted molar refractivity (Wildman–Crippen MR) is 70.2 cm³/mol. The zero-order valence-electron chi connectivity index (χ0n) is 9.82. The molecular formula is C13H7ClF3NOS. The molecule has 0 unspecified atom stereocenters. The van der Waals surface area contributed by atoms with Crippen molar-refractivity contribution in [1.29, 1.82) is 0 Å². The zero-order chi connectivity index (χ0) is 14.8. The molecule has 104 valence electrons. The van der Waals surface area contributed by atoms with Gasteiger partial charge in [-0.1, -0.05) is 29.4 Å². The topological polar surface area (TPSA) is 30.0 Å². The summed E-state index contributed by atoms with van der Waals surface area (Å²) >= 11 is 6.55. The van der Waals surface area contributed by atoms with E-state index in [2.05, 4.69) is 4.98 Å². The van der Waals surface area contributed by atoms with Crippen molar-refractivity contribution < 1.29 is 18.0 Å². The van der Waals surface area contributed by atoms with Crippen molar-refractivity contribution in [3.05, 3.63) is 52.7 Å². The minimum absolute atomic E-state index is 0.0218. The average molecular weight is 318 g/mol.